The van der Waals surface area contributed by atoms with Crippen molar-refractivity contribution in [1.29, 1.82) is 0 Å². The molecule has 2 fully saturated rings. The molecule has 2 saturated heterocycles. The van der Waals surface area contributed by atoms with Crippen LogP contribution in [0.25, 0.3) is 11.0 Å². The second-order valence-corrected chi connectivity index (χ2v) is 12.6. The fraction of sp³-hybridized carbons (Fsp3) is 0.444. The third-order valence-corrected chi connectivity index (χ3v) is 9.70. The third-order valence-electron chi connectivity index (χ3n) is 9.32. The summed E-state index contributed by atoms with van der Waals surface area (Å²) >= 11 is 5.97. The first-order valence-electron chi connectivity index (χ1n) is 16.3. The summed E-state index contributed by atoms with van der Waals surface area (Å²) in [6, 6.07) is 29.5. The lowest BCUT2D eigenvalue weighted by atomic mass is 9.99. The van der Waals surface area contributed by atoms with Crippen LogP contribution in [0, 0.1) is 0 Å². The molecule has 0 unspecified atom stereocenters. The zero-order valence-corrected chi connectivity index (χ0v) is 26.1. The Morgan fingerprint density at radius 1 is 0.721 bits per heavy atom. The molecule has 1 N–H and O–H groups in total. The van der Waals surface area contributed by atoms with Gasteiger partial charge in [0.2, 0.25) is 0 Å². The summed E-state index contributed by atoms with van der Waals surface area (Å²) in [6.07, 6.45) is 9.48. The number of nitrogens with zero attached hydrogens (tertiary/aromatic N) is 4. The Morgan fingerprint density at radius 2 is 1.28 bits per heavy atom. The van der Waals surface area contributed by atoms with Crippen molar-refractivity contribution in [2.75, 3.05) is 32.7 Å². The zero-order valence-electron chi connectivity index (χ0n) is 25.2. The maximum absolute atomic E-state index is 13.9. The monoisotopic (exact) mass is 595 g/mol. The van der Waals surface area contributed by atoms with Gasteiger partial charge in [0, 0.05) is 25.7 Å². The third kappa shape index (κ3) is 7.05. The standard InChI is InChI=1S/C36H45N5OS/c42-36-40(26-14-25-38-23-12-2-1-3-13-24-38)32-19-10-11-20-33(32)41(36)31-21-27-39(28-22-31)35(43)37-34(29-15-6-4-7-16-29)30-17-8-5-9-18-30/h4-11,15-20,31,34H,1-3,12-14,21-28H2,(H,37,43). The molecule has 4 aromatic rings. The van der Waals surface area contributed by atoms with E-state index in [1.165, 1.54) is 56.3 Å². The van der Waals surface area contributed by atoms with Crippen LogP contribution in [0.4, 0.5) is 0 Å². The Kier molecular flexibility index (Phi) is 9.90. The molecule has 6 nitrogen and oxygen atoms in total. The Balaban J connectivity index is 1.12. The van der Waals surface area contributed by atoms with Gasteiger partial charge in [-0.15, -0.1) is 0 Å². The summed E-state index contributed by atoms with van der Waals surface area (Å²) in [5.41, 5.74) is 4.65. The number of aromatic nitrogens is 2. The van der Waals surface area contributed by atoms with E-state index in [1.807, 2.05) is 16.7 Å². The van der Waals surface area contributed by atoms with Crippen molar-refractivity contribution in [2.24, 2.45) is 0 Å². The number of nitrogens with one attached hydrogen (secondary N) is 1. The summed E-state index contributed by atoms with van der Waals surface area (Å²) in [7, 11) is 0. The number of thiocarbonyl (C=S) groups is 1. The fourth-order valence-corrected chi connectivity index (χ4v) is 7.28. The van der Waals surface area contributed by atoms with Gasteiger partial charge in [-0.05, 0) is 87.2 Å². The first-order chi connectivity index (χ1) is 21.2. The summed E-state index contributed by atoms with van der Waals surface area (Å²) in [5.74, 6) is 0. The molecule has 3 aromatic carbocycles. The minimum absolute atomic E-state index is 0.00743. The van der Waals surface area contributed by atoms with Crippen LogP contribution in [0.3, 0.4) is 0 Å². The molecule has 0 saturated carbocycles. The van der Waals surface area contributed by atoms with E-state index in [0.717, 1.165) is 61.6 Å². The largest absolute Gasteiger partial charge is 0.352 e. The molecule has 2 aliphatic rings. The first-order valence-corrected chi connectivity index (χ1v) is 16.7. The van der Waals surface area contributed by atoms with Gasteiger partial charge in [-0.3, -0.25) is 9.13 Å². The number of fused-ring (bicyclic) bond motifs is 1. The van der Waals surface area contributed by atoms with Crippen molar-refractivity contribution in [2.45, 2.75) is 70.0 Å². The van der Waals surface area contributed by atoms with E-state index in [-0.39, 0.29) is 17.8 Å². The van der Waals surface area contributed by atoms with E-state index in [4.69, 9.17) is 12.2 Å². The lowest BCUT2D eigenvalue weighted by Gasteiger charge is -2.35. The molecule has 0 atom stereocenters. The average Bonchev–Trinajstić information content (AvgIpc) is 3.32. The second-order valence-electron chi connectivity index (χ2n) is 12.2. The molecule has 3 heterocycles. The molecule has 0 spiro atoms. The van der Waals surface area contributed by atoms with Crippen LogP contribution < -0.4 is 11.0 Å². The topological polar surface area (TPSA) is 45.4 Å². The molecular formula is C36H45N5OS. The van der Waals surface area contributed by atoms with E-state index in [2.05, 4.69) is 92.5 Å². The number of hydrogen-bond donors (Lipinski definition) is 1. The molecule has 0 bridgehead atoms. The number of piperidine rings is 1. The summed E-state index contributed by atoms with van der Waals surface area (Å²) in [5, 5.41) is 4.43. The van der Waals surface area contributed by atoms with E-state index in [0.29, 0.717) is 0 Å². The van der Waals surface area contributed by atoms with Crippen LogP contribution in [0.15, 0.2) is 89.7 Å². The minimum atomic E-state index is -0.00743. The van der Waals surface area contributed by atoms with Gasteiger partial charge in [0.15, 0.2) is 5.11 Å². The minimum Gasteiger partial charge on any atom is -0.352 e. The maximum Gasteiger partial charge on any atom is 0.329 e. The smallest absolute Gasteiger partial charge is 0.329 e. The molecule has 7 heteroatoms. The van der Waals surface area contributed by atoms with Gasteiger partial charge < -0.3 is 15.1 Å². The van der Waals surface area contributed by atoms with E-state index in [9.17, 15) is 4.79 Å². The van der Waals surface area contributed by atoms with E-state index >= 15 is 0 Å². The zero-order chi connectivity index (χ0) is 29.4. The van der Waals surface area contributed by atoms with Gasteiger partial charge in [0.05, 0.1) is 17.1 Å². The molecule has 0 radical (unpaired) electrons. The highest BCUT2D eigenvalue weighted by atomic mass is 32.1. The average molecular weight is 596 g/mol. The van der Waals surface area contributed by atoms with Gasteiger partial charge in [0.25, 0.3) is 0 Å². The Labute approximate surface area is 261 Å². The molecular weight excluding hydrogens is 550 g/mol. The van der Waals surface area contributed by atoms with Crippen molar-refractivity contribution in [1.82, 2.24) is 24.3 Å². The molecule has 2 aliphatic heterocycles. The van der Waals surface area contributed by atoms with Crippen molar-refractivity contribution < 1.29 is 0 Å². The number of para-hydroxylation sites is 2. The number of hydrogen-bond acceptors (Lipinski definition) is 3. The predicted octanol–water partition coefficient (Wildman–Crippen LogP) is 6.76. The summed E-state index contributed by atoms with van der Waals surface area (Å²) < 4.78 is 4.11. The van der Waals surface area contributed by atoms with Gasteiger partial charge in [-0.2, -0.15) is 0 Å². The number of aryl methyl sites for hydroxylation is 1. The highest BCUT2D eigenvalue weighted by Crippen LogP contribution is 2.27. The molecule has 1 aromatic heterocycles. The van der Waals surface area contributed by atoms with Gasteiger partial charge in [-0.1, -0.05) is 92.1 Å². The van der Waals surface area contributed by atoms with Crippen molar-refractivity contribution in [3.63, 3.8) is 0 Å². The van der Waals surface area contributed by atoms with Gasteiger partial charge in [0.1, 0.15) is 0 Å². The Hall–Kier alpha value is -3.42. The van der Waals surface area contributed by atoms with Crippen molar-refractivity contribution >= 4 is 28.4 Å². The highest BCUT2D eigenvalue weighted by Gasteiger charge is 2.27. The Bertz CT molecular complexity index is 1480. The number of imidazole rings is 1. The molecule has 0 aliphatic carbocycles. The maximum atomic E-state index is 13.9. The van der Waals surface area contributed by atoms with Crippen LogP contribution in [0.2, 0.25) is 0 Å². The molecule has 6 rings (SSSR count). The van der Waals surface area contributed by atoms with Crippen molar-refractivity contribution in [3.05, 3.63) is 107 Å². The molecule has 226 valence electrons. The SMILES string of the molecule is O=c1n(CCCN2CCCCCCC2)c2ccccc2n1C1CCN(C(=S)NC(c2ccccc2)c2ccccc2)CC1. The van der Waals surface area contributed by atoms with Crippen LogP contribution in [0.5, 0.6) is 0 Å². The highest BCUT2D eigenvalue weighted by molar-refractivity contribution is 7.80. The quantitative estimate of drug-likeness (QED) is 0.228. The van der Waals surface area contributed by atoms with Crippen LogP contribution >= 0.6 is 12.2 Å². The normalized spacial score (nSPS) is 17.2. The van der Waals surface area contributed by atoms with Crippen LogP contribution in [0.1, 0.15) is 74.6 Å². The fourth-order valence-electron chi connectivity index (χ4n) is 6.98. The lowest BCUT2D eigenvalue weighted by molar-refractivity contribution is 0.240. The van der Waals surface area contributed by atoms with E-state index < -0.39 is 0 Å². The first kappa shape index (κ1) is 29.6. The molecule has 0 amide bonds. The lowest BCUT2D eigenvalue weighted by Crippen LogP contribution is -2.46. The molecule has 43 heavy (non-hydrogen) atoms. The van der Waals surface area contributed by atoms with Crippen LogP contribution in [-0.2, 0) is 6.54 Å². The number of likely N-dealkylation sites (tertiary alicyclic amines) is 2. The van der Waals surface area contributed by atoms with Gasteiger partial charge in [-0.25, -0.2) is 4.79 Å². The van der Waals surface area contributed by atoms with Gasteiger partial charge >= 0.3 is 5.69 Å². The number of benzene rings is 3. The van der Waals surface area contributed by atoms with Crippen LogP contribution in [-0.4, -0.2) is 56.8 Å². The second kappa shape index (κ2) is 14.4. The Morgan fingerprint density at radius 3 is 1.91 bits per heavy atom. The number of rotatable bonds is 8. The summed E-state index contributed by atoms with van der Waals surface area (Å²) in [6.45, 7) is 5.89. The summed E-state index contributed by atoms with van der Waals surface area (Å²) in [4.78, 5) is 18.8. The van der Waals surface area contributed by atoms with E-state index in [1.54, 1.807) is 0 Å². The predicted molar refractivity (Wildman–Crippen MR) is 181 cm³/mol. The van der Waals surface area contributed by atoms with Crippen molar-refractivity contribution in [3.8, 4) is 0 Å².